The Kier molecular flexibility index (Phi) is 11.4. The molecule has 0 N–H and O–H groups in total. The lowest BCUT2D eigenvalue weighted by Crippen LogP contribution is -2.53. The van der Waals surface area contributed by atoms with Gasteiger partial charge in [-0.3, -0.25) is 9.59 Å². The molecule has 0 spiro atoms. The van der Waals surface area contributed by atoms with Crippen molar-refractivity contribution in [2.24, 2.45) is 11.3 Å². The van der Waals surface area contributed by atoms with Crippen LogP contribution in [0, 0.1) is 11.3 Å². The molecule has 0 amide bonds. The quantitative estimate of drug-likeness (QED) is 0.200. The fourth-order valence-electron chi connectivity index (χ4n) is 5.22. The van der Waals surface area contributed by atoms with Crippen LogP contribution in [-0.4, -0.2) is 57.6 Å². The van der Waals surface area contributed by atoms with Crippen LogP contribution in [0.2, 0.25) is 16.6 Å². The molecule has 0 saturated carbocycles. The number of ether oxygens (including phenoxy) is 3. The fourth-order valence-corrected chi connectivity index (χ4v) is 10.8. The minimum atomic E-state index is -2.33. The van der Waals surface area contributed by atoms with Crippen molar-refractivity contribution in [1.29, 1.82) is 0 Å². The summed E-state index contributed by atoms with van der Waals surface area (Å²) in [5.74, 6) is -0.909. The molecule has 1 rings (SSSR count). The molecule has 0 aromatic rings. The van der Waals surface area contributed by atoms with Crippen LogP contribution in [0.1, 0.15) is 89.0 Å². The molecule has 5 atom stereocenters. The Labute approximate surface area is 207 Å². The van der Waals surface area contributed by atoms with E-state index in [1.165, 1.54) is 6.92 Å². The van der Waals surface area contributed by atoms with E-state index in [0.717, 1.165) is 6.29 Å². The van der Waals surface area contributed by atoms with E-state index in [0.29, 0.717) is 29.5 Å². The maximum absolute atomic E-state index is 12.6. The first kappa shape index (κ1) is 30.8. The molecular weight excluding hydrogens is 452 g/mol. The van der Waals surface area contributed by atoms with E-state index >= 15 is 0 Å². The Morgan fingerprint density at radius 2 is 1.56 bits per heavy atom. The zero-order valence-corrected chi connectivity index (χ0v) is 24.2. The number of aldehydes is 1. The zero-order chi connectivity index (χ0) is 26.4. The predicted octanol–water partition coefficient (Wildman–Crippen LogP) is 5.45. The van der Waals surface area contributed by atoms with Gasteiger partial charge >= 0.3 is 11.9 Å². The lowest BCUT2D eigenvalue weighted by molar-refractivity contribution is -0.159. The van der Waals surface area contributed by atoms with Gasteiger partial charge in [0.15, 0.2) is 0 Å². The Morgan fingerprint density at radius 1 is 1.03 bits per heavy atom. The fraction of sp³-hybridized carbons (Fsp3) is 0.885. The van der Waals surface area contributed by atoms with Crippen molar-refractivity contribution < 1.29 is 33.0 Å². The van der Waals surface area contributed by atoms with Crippen LogP contribution in [0.3, 0.4) is 0 Å². The van der Waals surface area contributed by atoms with Gasteiger partial charge < -0.3 is 23.4 Å². The van der Waals surface area contributed by atoms with Crippen molar-refractivity contribution in [3.8, 4) is 0 Å². The van der Waals surface area contributed by atoms with Crippen LogP contribution in [0.25, 0.3) is 0 Å². The summed E-state index contributed by atoms with van der Waals surface area (Å²) >= 11 is 0. The molecule has 0 unspecified atom stereocenters. The van der Waals surface area contributed by atoms with E-state index in [-0.39, 0.29) is 24.5 Å². The summed E-state index contributed by atoms with van der Waals surface area (Å²) < 4.78 is 24.7. The molecule has 7 nitrogen and oxygen atoms in total. The number of carbonyl (C=O) groups excluding carboxylic acids is 3. The average Bonchev–Trinajstić information content (AvgIpc) is 3.07. The molecule has 0 bridgehead atoms. The zero-order valence-electron chi connectivity index (χ0n) is 23.2. The Morgan fingerprint density at radius 3 is 1.97 bits per heavy atom. The molecule has 1 fully saturated rings. The van der Waals surface area contributed by atoms with E-state index in [4.69, 9.17) is 18.6 Å². The molecular formula is C26H48O7Si. The molecule has 1 saturated heterocycles. The minimum absolute atomic E-state index is 0.0738. The molecule has 1 heterocycles. The molecule has 1 aliphatic heterocycles. The summed E-state index contributed by atoms with van der Waals surface area (Å²) in [5, 5.41) is 0. The number of esters is 2. The van der Waals surface area contributed by atoms with Crippen molar-refractivity contribution in [3.63, 3.8) is 0 Å². The van der Waals surface area contributed by atoms with E-state index in [9.17, 15) is 14.4 Å². The van der Waals surface area contributed by atoms with Crippen molar-refractivity contribution in [3.05, 3.63) is 0 Å². The van der Waals surface area contributed by atoms with Gasteiger partial charge in [0.1, 0.15) is 25.1 Å². The standard InChI is InChI=1S/C26H48O7Si/c1-16(2)34(17(3)4,18(5)6)33-24(15-30-25(29)26(9,10)11)23-13-22(31-20(8)28)21(32-23)12-19(7)14-27/h14,16-19,21-24H,12-13,15H2,1-11H3/t19-,21-,22-,23+,24+/m1/s1. The second kappa shape index (κ2) is 12.6. The SMILES string of the molecule is CC(=O)O[C@@H]1C[C@@H]([C@H](COC(=O)C(C)(C)C)O[Si](C(C)C)(C(C)C)C(C)C)O[C@@H]1C[C@@H](C)C=O. The van der Waals surface area contributed by atoms with Crippen molar-refractivity contribution in [1.82, 2.24) is 0 Å². The van der Waals surface area contributed by atoms with E-state index in [2.05, 4.69) is 41.5 Å². The first-order valence-corrected chi connectivity index (χ1v) is 14.8. The summed E-state index contributed by atoms with van der Waals surface area (Å²) in [6.07, 6.45) is -0.00698. The molecule has 8 heteroatoms. The molecule has 34 heavy (non-hydrogen) atoms. The van der Waals surface area contributed by atoms with Gasteiger partial charge in [0.05, 0.1) is 17.6 Å². The van der Waals surface area contributed by atoms with Crippen LogP contribution < -0.4 is 0 Å². The number of hydrogen-bond acceptors (Lipinski definition) is 7. The van der Waals surface area contributed by atoms with Crippen LogP contribution in [0.4, 0.5) is 0 Å². The predicted molar refractivity (Wildman–Crippen MR) is 135 cm³/mol. The van der Waals surface area contributed by atoms with Crippen LogP contribution in [0.15, 0.2) is 0 Å². The van der Waals surface area contributed by atoms with Crippen molar-refractivity contribution in [2.45, 2.75) is 130 Å². The first-order valence-electron chi connectivity index (χ1n) is 12.7. The normalized spacial score (nSPS) is 23.3. The van der Waals surface area contributed by atoms with Crippen LogP contribution in [-0.2, 0) is 33.0 Å². The van der Waals surface area contributed by atoms with Gasteiger partial charge in [0, 0.05) is 19.3 Å². The van der Waals surface area contributed by atoms with Gasteiger partial charge in [-0.05, 0) is 43.8 Å². The molecule has 0 aromatic carbocycles. The van der Waals surface area contributed by atoms with E-state index < -0.39 is 38.1 Å². The van der Waals surface area contributed by atoms with Crippen LogP contribution in [0.5, 0.6) is 0 Å². The van der Waals surface area contributed by atoms with E-state index in [1.54, 1.807) is 0 Å². The topological polar surface area (TPSA) is 88.1 Å². The molecule has 0 radical (unpaired) electrons. The maximum Gasteiger partial charge on any atom is 0.311 e. The minimum Gasteiger partial charge on any atom is -0.462 e. The molecule has 0 aliphatic carbocycles. The van der Waals surface area contributed by atoms with Gasteiger partial charge in [-0.15, -0.1) is 0 Å². The van der Waals surface area contributed by atoms with Gasteiger partial charge in [-0.25, -0.2) is 0 Å². The lowest BCUT2D eigenvalue weighted by atomic mass is 9.97. The third kappa shape index (κ3) is 7.88. The largest absolute Gasteiger partial charge is 0.462 e. The highest BCUT2D eigenvalue weighted by Crippen LogP contribution is 2.44. The van der Waals surface area contributed by atoms with Gasteiger partial charge in [0.25, 0.3) is 0 Å². The second-order valence-corrected chi connectivity index (χ2v) is 17.2. The summed E-state index contributed by atoms with van der Waals surface area (Å²) in [5.41, 5.74) is 0.381. The third-order valence-electron chi connectivity index (χ3n) is 6.85. The van der Waals surface area contributed by atoms with Crippen molar-refractivity contribution >= 4 is 26.5 Å². The number of carbonyl (C=O) groups is 3. The van der Waals surface area contributed by atoms with E-state index in [1.807, 2.05) is 27.7 Å². The monoisotopic (exact) mass is 500 g/mol. The number of hydrogen-bond donors (Lipinski definition) is 0. The first-order chi connectivity index (χ1) is 15.6. The summed E-state index contributed by atoms with van der Waals surface area (Å²) in [7, 11) is -2.33. The highest BCUT2D eigenvalue weighted by Gasteiger charge is 2.50. The molecule has 198 valence electrons. The second-order valence-electron chi connectivity index (χ2n) is 11.8. The maximum atomic E-state index is 12.6. The Bertz CT molecular complexity index is 661. The molecule has 0 aromatic heterocycles. The number of rotatable bonds is 12. The Hall–Kier alpha value is -1.25. The van der Waals surface area contributed by atoms with Gasteiger partial charge in [-0.1, -0.05) is 48.5 Å². The molecule has 1 aliphatic rings. The highest BCUT2D eigenvalue weighted by molar-refractivity contribution is 6.77. The highest BCUT2D eigenvalue weighted by atomic mass is 28.4. The van der Waals surface area contributed by atoms with Crippen molar-refractivity contribution in [2.75, 3.05) is 6.61 Å². The Balaban J connectivity index is 3.31. The summed E-state index contributed by atoms with van der Waals surface area (Å²) in [4.78, 5) is 35.6. The average molecular weight is 501 g/mol. The third-order valence-corrected chi connectivity index (χ3v) is 13.0. The summed E-state index contributed by atoms with van der Waals surface area (Å²) in [6, 6.07) is 0. The van der Waals surface area contributed by atoms with Gasteiger partial charge in [0.2, 0.25) is 8.32 Å². The summed E-state index contributed by atoms with van der Waals surface area (Å²) in [6.45, 7) is 22.0. The van der Waals surface area contributed by atoms with Gasteiger partial charge in [-0.2, -0.15) is 0 Å². The smallest absolute Gasteiger partial charge is 0.311 e. The van der Waals surface area contributed by atoms with Crippen LogP contribution >= 0.6 is 0 Å². The lowest BCUT2D eigenvalue weighted by Gasteiger charge is -2.45.